The minimum atomic E-state index is -0.357. The zero-order valence-electron chi connectivity index (χ0n) is 13.7. The van der Waals surface area contributed by atoms with Gasteiger partial charge in [-0.3, -0.25) is 14.4 Å². The van der Waals surface area contributed by atoms with E-state index in [1.807, 2.05) is 11.8 Å². The van der Waals surface area contributed by atoms with Gasteiger partial charge in [-0.2, -0.15) is 11.8 Å². The summed E-state index contributed by atoms with van der Waals surface area (Å²) in [5.74, 6) is 1.36. The summed E-state index contributed by atoms with van der Waals surface area (Å²) in [5, 5.41) is 0. The molecule has 0 bridgehead atoms. The molecule has 1 aliphatic rings. The predicted octanol–water partition coefficient (Wildman–Crippen LogP) is 2.85. The SMILES string of the molecule is COCCCSCCCC(=O)c1ccc(N2C(=O)C=CC2=O)cc1. The zero-order valence-corrected chi connectivity index (χ0v) is 14.5. The van der Waals surface area contributed by atoms with Gasteiger partial charge in [-0.05, 0) is 48.6 Å². The fourth-order valence-electron chi connectivity index (χ4n) is 2.34. The topological polar surface area (TPSA) is 63.7 Å². The van der Waals surface area contributed by atoms with Crippen molar-refractivity contribution in [1.82, 2.24) is 0 Å². The van der Waals surface area contributed by atoms with Gasteiger partial charge in [-0.15, -0.1) is 0 Å². The molecule has 0 saturated carbocycles. The Balaban J connectivity index is 1.77. The number of benzene rings is 1. The smallest absolute Gasteiger partial charge is 0.258 e. The van der Waals surface area contributed by atoms with Gasteiger partial charge < -0.3 is 4.74 Å². The number of anilines is 1. The van der Waals surface area contributed by atoms with Gasteiger partial charge in [0.2, 0.25) is 0 Å². The highest BCUT2D eigenvalue weighted by Crippen LogP contribution is 2.20. The van der Waals surface area contributed by atoms with E-state index < -0.39 is 0 Å². The van der Waals surface area contributed by atoms with Crippen LogP contribution in [0.2, 0.25) is 0 Å². The maximum Gasteiger partial charge on any atom is 0.258 e. The third-order valence-electron chi connectivity index (χ3n) is 3.59. The van der Waals surface area contributed by atoms with Crippen LogP contribution in [0.4, 0.5) is 5.69 Å². The van der Waals surface area contributed by atoms with Gasteiger partial charge in [0.15, 0.2) is 5.78 Å². The number of nitrogens with zero attached hydrogens (tertiary/aromatic N) is 1. The number of carbonyl (C=O) groups is 3. The van der Waals surface area contributed by atoms with Crippen LogP contribution in [-0.2, 0) is 14.3 Å². The Morgan fingerprint density at radius 3 is 2.29 bits per heavy atom. The minimum absolute atomic E-state index is 0.0799. The summed E-state index contributed by atoms with van der Waals surface area (Å²) in [6, 6.07) is 6.61. The number of rotatable bonds is 10. The van der Waals surface area contributed by atoms with E-state index in [2.05, 4.69) is 0 Å². The first-order valence-electron chi connectivity index (χ1n) is 7.89. The van der Waals surface area contributed by atoms with Crippen molar-refractivity contribution in [2.45, 2.75) is 19.3 Å². The number of hydrogen-bond donors (Lipinski definition) is 0. The second-order valence-corrected chi connectivity index (χ2v) is 6.60. The fourth-order valence-corrected chi connectivity index (χ4v) is 3.21. The van der Waals surface area contributed by atoms with Crippen molar-refractivity contribution in [1.29, 1.82) is 0 Å². The normalized spacial score (nSPS) is 13.8. The number of Topliss-reactive ketones (excluding diaryl/α,β-unsaturated/α-hetero) is 1. The van der Waals surface area contributed by atoms with Crippen LogP contribution in [0.25, 0.3) is 0 Å². The number of carbonyl (C=O) groups excluding carboxylic acids is 3. The summed E-state index contributed by atoms with van der Waals surface area (Å²) in [4.78, 5) is 36.5. The van der Waals surface area contributed by atoms with Gasteiger partial charge in [0, 0.05) is 37.9 Å². The number of amides is 2. The first-order valence-corrected chi connectivity index (χ1v) is 9.05. The molecule has 0 aromatic heterocycles. The number of hydrogen-bond acceptors (Lipinski definition) is 5. The molecule has 1 aromatic carbocycles. The van der Waals surface area contributed by atoms with Crippen molar-refractivity contribution in [2.75, 3.05) is 30.1 Å². The van der Waals surface area contributed by atoms with Crippen molar-refractivity contribution in [2.24, 2.45) is 0 Å². The minimum Gasteiger partial charge on any atom is -0.385 e. The fraction of sp³-hybridized carbons (Fsp3) is 0.389. The van der Waals surface area contributed by atoms with Crippen LogP contribution < -0.4 is 4.90 Å². The molecular weight excluding hydrogens is 326 g/mol. The number of ketones is 1. The van der Waals surface area contributed by atoms with Gasteiger partial charge >= 0.3 is 0 Å². The lowest BCUT2D eigenvalue weighted by molar-refractivity contribution is -0.119. The summed E-state index contributed by atoms with van der Waals surface area (Å²) in [6.07, 6.45) is 4.85. The number of ether oxygens (including phenoxy) is 1. The lowest BCUT2D eigenvalue weighted by Crippen LogP contribution is -2.29. The molecule has 2 amide bonds. The maximum absolute atomic E-state index is 12.2. The van der Waals surface area contributed by atoms with E-state index in [4.69, 9.17) is 4.74 Å². The largest absolute Gasteiger partial charge is 0.385 e. The van der Waals surface area contributed by atoms with Crippen molar-refractivity contribution >= 4 is 35.0 Å². The molecule has 24 heavy (non-hydrogen) atoms. The molecule has 1 aliphatic heterocycles. The van der Waals surface area contributed by atoms with E-state index >= 15 is 0 Å². The molecule has 6 heteroatoms. The number of imide groups is 1. The van der Waals surface area contributed by atoms with Crippen molar-refractivity contribution in [3.63, 3.8) is 0 Å². The van der Waals surface area contributed by atoms with Crippen LogP contribution in [0.15, 0.2) is 36.4 Å². The maximum atomic E-state index is 12.2. The highest BCUT2D eigenvalue weighted by Gasteiger charge is 2.24. The Morgan fingerprint density at radius 1 is 1.04 bits per heavy atom. The molecule has 0 fully saturated rings. The van der Waals surface area contributed by atoms with Gasteiger partial charge in [0.1, 0.15) is 0 Å². The average Bonchev–Trinajstić information content (AvgIpc) is 2.92. The van der Waals surface area contributed by atoms with Crippen molar-refractivity contribution < 1.29 is 19.1 Å². The van der Waals surface area contributed by atoms with Gasteiger partial charge in [-0.1, -0.05) is 0 Å². The van der Waals surface area contributed by atoms with E-state index in [1.165, 1.54) is 12.2 Å². The van der Waals surface area contributed by atoms with Gasteiger partial charge in [0.25, 0.3) is 11.8 Å². The molecule has 1 aromatic rings. The lowest BCUT2D eigenvalue weighted by atomic mass is 10.1. The lowest BCUT2D eigenvalue weighted by Gasteiger charge is -2.13. The van der Waals surface area contributed by atoms with E-state index in [-0.39, 0.29) is 17.6 Å². The van der Waals surface area contributed by atoms with E-state index in [0.717, 1.165) is 35.9 Å². The molecule has 0 spiro atoms. The standard InChI is InChI=1S/C18H21NO4S/c1-23-11-3-13-24-12-2-4-16(20)14-5-7-15(8-6-14)19-17(21)9-10-18(19)22/h5-10H,2-4,11-13H2,1H3. The van der Waals surface area contributed by atoms with E-state index in [0.29, 0.717) is 17.7 Å². The van der Waals surface area contributed by atoms with Crippen LogP contribution in [0.5, 0.6) is 0 Å². The third-order valence-corrected chi connectivity index (χ3v) is 4.74. The molecule has 0 saturated heterocycles. The Bertz CT molecular complexity index is 606. The Morgan fingerprint density at radius 2 is 1.67 bits per heavy atom. The second-order valence-electron chi connectivity index (χ2n) is 5.38. The summed E-state index contributed by atoms with van der Waals surface area (Å²) in [6.45, 7) is 0.774. The summed E-state index contributed by atoms with van der Waals surface area (Å²) in [7, 11) is 1.70. The van der Waals surface area contributed by atoms with Crippen LogP contribution in [0.1, 0.15) is 29.6 Å². The highest BCUT2D eigenvalue weighted by atomic mass is 32.2. The molecule has 2 rings (SSSR count). The Labute approximate surface area is 146 Å². The quantitative estimate of drug-likeness (QED) is 0.370. The molecule has 0 atom stereocenters. The molecule has 0 radical (unpaired) electrons. The molecule has 0 N–H and O–H groups in total. The third kappa shape index (κ3) is 5.04. The van der Waals surface area contributed by atoms with Crippen molar-refractivity contribution in [3.8, 4) is 0 Å². The zero-order chi connectivity index (χ0) is 17.4. The summed E-state index contributed by atoms with van der Waals surface area (Å²) < 4.78 is 4.99. The first kappa shape index (κ1) is 18.4. The molecule has 128 valence electrons. The number of thioether (sulfide) groups is 1. The summed E-state index contributed by atoms with van der Waals surface area (Å²) in [5.41, 5.74) is 1.09. The average molecular weight is 347 g/mol. The summed E-state index contributed by atoms with van der Waals surface area (Å²) >= 11 is 1.83. The molecule has 0 aliphatic carbocycles. The Hall–Kier alpha value is -1.92. The first-order chi connectivity index (χ1) is 11.6. The van der Waals surface area contributed by atoms with Gasteiger partial charge in [-0.25, -0.2) is 4.90 Å². The van der Waals surface area contributed by atoms with E-state index in [1.54, 1.807) is 31.4 Å². The van der Waals surface area contributed by atoms with Crippen LogP contribution in [0.3, 0.4) is 0 Å². The van der Waals surface area contributed by atoms with Crippen LogP contribution >= 0.6 is 11.8 Å². The van der Waals surface area contributed by atoms with Crippen molar-refractivity contribution in [3.05, 3.63) is 42.0 Å². The Kier molecular flexibility index (Phi) is 7.21. The van der Waals surface area contributed by atoms with Crippen LogP contribution in [-0.4, -0.2) is 42.8 Å². The predicted molar refractivity (Wildman–Crippen MR) is 95.5 cm³/mol. The molecule has 1 heterocycles. The van der Waals surface area contributed by atoms with Gasteiger partial charge in [0.05, 0.1) is 5.69 Å². The van der Waals surface area contributed by atoms with Crippen LogP contribution in [0, 0.1) is 0 Å². The molecule has 5 nitrogen and oxygen atoms in total. The van der Waals surface area contributed by atoms with E-state index in [9.17, 15) is 14.4 Å². The highest BCUT2D eigenvalue weighted by molar-refractivity contribution is 7.99. The monoisotopic (exact) mass is 347 g/mol. The molecule has 0 unspecified atom stereocenters. The molecular formula is C18H21NO4S. The second kappa shape index (κ2) is 9.39. The number of methoxy groups -OCH3 is 1.